The molecule has 1 heterocycles. The van der Waals surface area contributed by atoms with Crippen molar-refractivity contribution in [2.45, 2.75) is 175 Å². The van der Waals surface area contributed by atoms with Crippen LogP contribution in [0.25, 0.3) is 0 Å². The van der Waals surface area contributed by atoms with Crippen LogP contribution < -0.4 is 4.57 Å². The monoisotopic (exact) mass is 447 g/mol. The lowest BCUT2D eigenvalue weighted by Crippen LogP contribution is -2.37. The van der Waals surface area contributed by atoms with Crippen molar-refractivity contribution in [3.8, 4) is 0 Å². The quantitative estimate of drug-likeness (QED) is 0.110. The molecule has 1 rings (SSSR count). The molecule has 188 valence electrons. The molecule has 0 aromatic carbocycles. The smallest absolute Gasteiger partial charge is 0.234 e. The molecule has 0 saturated carbocycles. The number of aryl methyl sites for hydroxylation is 2. The Balaban J connectivity index is 2.29. The van der Waals surface area contributed by atoms with E-state index in [9.17, 15) is 0 Å². The van der Waals surface area contributed by atoms with Gasteiger partial charge in [-0.15, -0.1) is 0 Å². The summed E-state index contributed by atoms with van der Waals surface area (Å²) in [5.41, 5.74) is 0. The second-order valence-electron chi connectivity index (χ2n) is 10.2. The van der Waals surface area contributed by atoms with E-state index in [0.717, 1.165) is 0 Å². The predicted octanol–water partition coefficient (Wildman–Crippen LogP) is 9.57. The van der Waals surface area contributed by atoms with Gasteiger partial charge < -0.3 is 0 Å². The summed E-state index contributed by atoms with van der Waals surface area (Å²) in [6.07, 6.45) is 35.5. The molecule has 2 nitrogen and oxygen atoms in total. The molecule has 0 fully saturated rings. The van der Waals surface area contributed by atoms with E-state index in [2.05, 4.69) is 42.3 Å². The Kier molecular flexibility index (Phi) is 20.1. The van der Waals surface area contributed by atoms with Crippen LogP contribution >= 0.6 is 0 Å². The molecule has 0 aliphatic rings. The highest BCUT2D eigenvalue weighted by Gasteiger charge is 2.16. The molecule has 0 aliphatic heterocycles. The van der Waals surface area contributed by atoms with E-state index in [4.69, 9.17) is 0 Å². The minimum atomic E-state index is 1.21. The summed E-state index contributed by atoms with van der Waals surface area (Å²) in [5.74, 6) is 1.60. The van der Waals surface area contributed by atoms with Gasteiger partial charge in [0.05, 0.1) is 13.1 Å². The molecule has 2 heteroatoms. The summed E-state index contributed by atoms with van der Waals surface area (Å²) in [6.45, 7) is 9.36. The van der Waals surface area contributed by atoms with Crippen molar-refractivity contribution in [2.24, 2.45) is 0 Å². The second-order valence-corrected chi connectivity index (χ2v) is 10.2. The Labute approximate surface area is 202 Å². The maximum Gasteiger partial charge on any atom is 0.256 e. The molecule has 0 unspecified atom stereocenters. The zero-order valence-electron chi connectivity index (χ0n) is 22.5. The van der Waals surface area contributed by atoms with Gasteiger partial charge >= 0.3 is 0 Å². The standard InChI is InChI=1S/C30H59N2/c1-4-7-10-12-14-16-17-19-21-24-27-32-29-28-31(26-23-9-6-3)30(32)25-22-20-18-15-13-11-8-5-2/h28-29H,4-27H2,1-3H3/q+1. The summed E-state index contributed by atoms with van der Waals surface area (Å²) < 4.78 is 5.17. The Morgan fingerprint density at radius 3 is 1.50 bits per heavy atom. The lowest BCUT2D eigenvalue weighted by molar-refractivity contribution is -0.704. The lowest BCUT2D eigenvalue weighted by atomic mass is 10.1. The minimum absolute atomic E-state index is 1.21. The van der Waals surface area contributed by atoms with Gasteiger partial charge in [-0.05, 0) is 32.1 Å². The van der Waals surface area contributed by atoms with E-state index in [1.807, 2.05) is 0 Å². The molecule has 0 bridgehead atoms. The van der Waals surface area contributed by atoms with Crippen LogP contribution in [0.4, 0.5) is 0 Å². The van der Waals surface area contributed by atoms with Gasteiger partial charge in [0.1, 0.15) is 12.4 Å². The van der Waals surface area contributed by atoms with Gasteiger partial charge in [-0.25, -0.2) is 9.13 Å². The van der Waals surface area contributed by atoms with Gasteiger partial charge in [0, 0.05) is 6.42 Å². The summed E-state index contributed by atoms with van der Waals surface area (Å²) in [7, 11) is 0. The van der Waals surface area contributed by atoms with Crippen LogP contribution in [0.15, 0.2) is 12.4 Å². The first-order valence-electron chi connectivity index (χ1n) is 14.9. The number of hydrogen-bond acceptors (Lipinski definition) is 0. The maximum atomic E-state index is 2.60. The SMILES string of the molecule is CCCCCCCCCCCCn1cc[n+](CCCCC)c1CCCCCCCCCC. The molecule has 0 atom stereocenters. The highest BCUT2D eigenvalue weighted by atomic mass is 15.1. The van der Waals surface area contributed by atoms with Crippen molar-refractivity contribution in [1.29, 1.82) is 0 Å². The van der Waals surface area contributed by atoms with E-state index in [-0.39, 0.29) is 0 Å². The molecule has 0 aliphatic carbocycles. The van der Waals surface area contributed by atoms with Crippen molar-refractivity contribution in [2.75, 3.05) is 0 Å². The molecular weight excluding hydrogens is 388 g/mol. The largest absolute Gasteiger partial charge is 0.256 e. The first-order chi connectivity index (χ1) is 15.8. The van der Waals surface area contributed by atoms with E-state index in [1.165, 1.54) is 154 Å². The van der Waals surface area contributed by atoms with Crippen LogP contribution in [0.5, 0.6) is 0 Å². The van der Waals surface area contributed by atoms with Crippen LogP contribution in [0.2, 0.25) is 0 Å². The third kappa shape index (κ3) is 15.1. The number of nitrogens with zero attached hydrogens (tertiary/aromatic N) is 2. The number of unbranched alkanes of at least 4 members (excludes halogenated alkanes) is 18. The zero-order chi connectivity index (χ0) is 23.1. The first-order valence-corrected chi connectivity index (χ1v) is 14.9. The van der Waals surface area contributed by atoms with Crippen molar-refractivity contribution >= 4 is 0 Å². The maximum absolute atomic E-state index is 2.60. The van der Waals surface area contributed by atoms with E-state index < -0.39 is 0 Å². The molecule has 32 heavy (non-hydrogen) atoms. The van der Waals surface area contributed by atoms with E-state index in [0.29, 0.717) is 0 Å². The summed E-state index contributed by atoms with van der Waals surface area (Å²) in [4.78, 5) is 0. The molecule has 0 saturated heterocycles. The molecule has 0 radical (unpaired) electrons. The number of rotatable bonds is 24. The van der Waals surface area contributed by atoms with Gasteiger partial charge in [0.25, 0.3) is 5.82 Å². The fourth-order valence-corrected chi connectivity index (χ4v) is 4.91. The van der Waals surface area contributed by atoms with Crippen molar-refractivity contribution in [1.82, 2.24) is 4.57 Å². The summed E-state index contributed by atoms with van der Waals surface area (Å²) in [6, 6.07) is 0. The Bertz CT molecular complexity index is 505. The predicted molar refractivity (Wildman–Crippen MR) is 142 cm³/mol. The average molecular weight is 448 g/mol. The Hall–Kier alpha value is -0.790. The normalized spacial score (nSPS) is 11.5. The fourth-order valence-electron chi connectivity index (χ4n) is 4.91. The lowest BCUT2D eigenvalue weighted by Gasteiger charge is -2.07. The topological polar surface area (TPSA) is 8.81 Å². The molecule has 0 amide bonds. The molecule has 1 aromatic heterocycles. The van der Waals surface area contributed by atoms with E-state index in [1.54, 1.807) is 5.82 Å². The van der Waals surface area contributed by atoms with Crippen LogP contribution in [-0.4, -0.2) is 4.57 Å². The highest BCUT2D eigenvalue weighted by molar-refractivity contribution is 4.84. The van der Waals surface area contributed by atoms with E-state index >= 15 is 0 Å². The molecule has 1 aromatic rings. The van der Waals surface area contributed by atoms with Gasteiger partial charge in [-0.3, -0.25) is 0 Å². The molecular formula is C30H59N2+. The van der Waals surface area contributed by atoms with Crippen LogP contribution in [-0.2, 0) is 19.5 Å². The molecule has 0 N–H and O–H groups in total. The van der Waals surface area contributed by atoms with Gasteiger partial charge in [0.15, 0.2) is 0 Å². The minimum Gasteiger partial charge on any atom is -0.234 e. The first kappa shape index (κ1) is 29.2. The summed E-state index contributed by atoms with van der Waals surface area (Å²) >= 11 is 0. The van der Waals surface area contributed by atoms with Gasteiger partial charge in [0.2, 0.25) is 0 Å². The fraction of sp³-hybridized carbons (Fsp3) is 0.900. The highest BCUT2D eigenvalue weighted by Crippen LogP contribution is 2.13. The van der Waals surface area contributed by atoms with Crippen LogP contribution in [0.1, 0.15) is 161 Å². The Morgan fingerprint density at radius 2 is 0.969 bits per heavy atom. The van der Waals surface area contributed by atoms with Crippen molar-refractivity contribution in [3.05, 3.63) is 18.2 Å². The molecule has 0 spiro atoms. The van der Waals surface area contributed by atoms with Crippen LogP contribution in [0.3, 0.4) is 0 Å². The average Bonchev–Trinajstić information content (AvgIpc) is 3.18. The van der Waals surface area contributed by atoms with Crippen molar-refractivity contribution < 1.29 is 4.57 Å². The van der Waals surface area contributed by atoms with Gasteiger partial charge in [-0.2, -0.15) is 0 Å². The summed E-state index contributed by atoms with van der Waals surface area (Å²) in [5, 5.41) is 0. The number of imidazole rings is 1. The third-order valence-electron chi connectivity index (χ3n) is 7.10. The number of hydrogen-bond donors (Lipinski definition) is 0. The van der Waals surface area contributed by atoms with Crippen LogP contribution in [0, 0.1) is 0 Å². The zero-order valence-corrected chi connectivity index (χ0v) is 22.5. The van der Waals surface area contributed by atoms with Crippen molar-refractivity contribution in [3.63, 3.8) is 0 Å². The second kappa shape index (κ2) is 22.0. The third-order valence-corrected chi connectivity index (χ3v) is 7.10. The number of aromatic nitrogens is 2. The van der Waals surface area contributed by atoms with Gasteiger partial charge in [-0.1, -0.05) is 124 Å². The Morgan fingerprint density at radius 1 is 0.531 bits per heavy atom.